The van der Waals surface area contributed by atoms with Crippen LogP contribution in [0.4, 0.5) is 11.8 Å². The predicted molar refractivity (Wildman–Crippen MR) is 80.2 cm³/mol. The molecule has 124 valence electrons. The van der Waals surface area contributed by atoms with Crippen molar-refractivity contribution in [2.45, 2.75) is 31.3 Å². The van der Waals surface area contributed by atoms with E-state index in [1.165, 1.54) is 0 Å². The Morgan fingerprint density at radius 3 is 3.09 bits per heavy atom. The molecular weight excluding hydrogens is 304 g/mol. The van der Waals surface area contributed by atoms with Crippen LogP contribution in [0.5, 0.6) is 0 Å². The topological polar surface area (TPSA) is 140 Å². The number of hydrogen-bond donors (Lipinski definition) is 5. The highest BCUT2D eigenvalue weighted by Crippen LogP contribution is 2.36. The van der Waals surface area contributed by atoms with Gasteiger partial charge in [-0.25, -0.2) is 11.3 Å². The van der Waals surface area contributed by atoms with Gasteiger partial charge in [-0.1, -0.05) is 0 Å². The zero-order valence-corrected chi connectivity index (χ0v) is 12.3. The summed E-state index contributed by atoms with van der Waals surface area (Å²) in [4.78, 5) is 14.0. The minimum atomic E-state index is -0.714. The number of hydrazine groups is 1. The molecule has 0 radical (unpaired) electrons. The van der Waals surface area contributed by atoms with Crippen LogP contribution in [-0.4, -0.2) is 50.2 Å². The molecule has 0 bridgehead atoms. The molecule has 0 aliphatic carbocycles. The van der Waals surface area contributed by atoms with E-state index in [4.69, 9.17) is 15.4 Å². The van der Waals surface area contributed by atoms with Gasteiger partial charge in [0.1, 0.15) is 18.0 Å². The molecule has 6 N–H and O–H groups in total. The van der Waals surface area contributed by atoms with E-state index >= 15 is 0 Å². The van der Waals surface area contributed by atoms with Crippen LogP contribution in [0.3, 0.4) is 0 Å². The lowest BCUT2D eigenvalue weighted by atomic mass is 10.2. The lowest BCUT2D eigenvalue weighted by molar-refractivity contribution is -0.0430. The Bertz CT molecular complexity index is 735. The first-order chi connectivity index (χ1) is 11.2. The molecule has 0 saturated carbocycles. The molecule has 0 amide bonds. The van der Waals surface area contributed by atoms with E-state index in [-0.39, 0.29) is 12.6 Å². The van der Waals surface area contributed by atoms with Crippen molar-refractivity contribution in [3.8, 4) is 0 Å². The summed E-state index contributed by atoms with van der Waals surface area (Å²) in [5, 5.41) is 20.1. The summed E-state index contributed by atoms with van der Waals surface area (Å²) < 4.78 is 7.59. The van der Waals surface area contributed by atoms with E-state index in [9.17, 15) is 10.2 Å². The van der Waals surface area contributed by atoms with Gasteiger partial charge in [-0.15, -0.1) is 0 Å². The molecule has 10 nitrogen and oxygen atoms in total. The number of nitrogens with one attached hydrogen (secondary N) is 2. The van der Waals surface area contributed by atoms with Gasteiger partial charge in [0.05, 0.1) is 24.7 Å². The van der Waals surface area contributed by atoms with Gasteiger partial charge < -0.3 is 19.5 Å². The molecule has 3 atom stereocenters. The second-order valence-corrected chi connectivity index (χ2v) is 5.62. The number of ether oxygens (including phenoxy) is 1. The Labute approximate surface area is 131 Å². The maximum atomic E-state index is 9.97. The Hall–Kier alpha value is -1.98. The molecule has 2 aromatic heterocycles. The molecule has 2 aromatic rings. The number of hydrogen-bond acceptors (Lipinski definition) is 9. The number of nitrogens with zero attached hydrogens (tertiary/aromatic N) is 3. The summed E-state index contributed by atoms with van der Waals surface area (Å²) in [6.45, 7) is 0.267. The number of rotatable bonds is 3. The zero-order chi connectivity index (χ0) is 16.0. The number of anilines is 2. The summed E-state index contributed by atoms with van der Waals surface area (Å²) in [5.74, 6) is 6.22. The van der Waals surface area contributed by atoms with Crippen LogP contribution in [0.2, 0.25) is 0 Å². The molecule has 4 rings (SSSR count). The Morgan fingerprint density at radius 1 is 1.48 bits per heavy atom. The summed E-state index contributed by atoms with van der Waals surface area (Å²) >= 11 is 0. The molecule has 1 saturated heterocycles. The van der Waals surface area contributed by atoms with E-state index in [1.807, 2.05) is 10.8 Å². The fourth-order valence-corrected chi connectivity index (χ4v) is 3.10. The van der Waals surface area contributed by atoms with Gasteiger partial charge in [-0.05, 0) is 5.56 Å². The third-order valence-corrected chi connectivity index (χ3v) is 4.22. The minimum Gasteiger partial charge on any atom is -0.394 e. The van der Waals surface area contributed by atoms with E-state index in [1.54, 1.807) is 0 Å². The van der Waals surface area contributed by atoms with E-state index < -0.39 is 18.4 Å². The number of nitrogens with two attached hydrogens (primary N) is 1. The van der Waals surface area contributed by atoms with Gasteiger partial charge >= 0.3 is 0 Å². The van der Waals surface area contributed by atoms with Gasteiger partial charge in [0, 0.05) is 19.0 Å². The van der Waals surface area contributed by atoms with Crippen LogP contribution >= 0.6 is 0 Å². The van der Waals surface area contributed by atoms with Crippen molar-refractivity contribution < 1.29 is 19.8 Å². The third-order valence-electron chi connectivity index (χ3n) is 4.22. The summed E-state index contributed by atoms with van der Waals surface area (Å²) in [6, 6.07) is 0. The molecular formula is C13H18N6O4. The molecule has 4 heterocycles. The van der Waals surface area contributed by atoms with Gasteiger partial charge in [-0.3, -0.25) is 10.3 Å². The van der Waals surface area contributed by atoms with Crippen molar-refractivity contribution >= 4 is 22.8 Å². The summed E-state index contributed by atoms with van der Waals surface area (Å²) in [5.41, 5.74) is 6.89. The Balaban J connectivity index is 1.84. The quantitative estimate of drug-likeness (QED) is 0.365. The van der Waals surface area contributed by atoms with Crippen LogP contribution in [0.25, 0.3) is 11.0 Å². The maximum absolute atomic E-state index is 9.97. The van der Waals surface area contributed by atoms with Crippen LogP contribution in [0.15, 0.2) is 6.20 Å². The number of aliphatic hydroxyl groups excluding tert-OH is 2. The molecule has 0 spiro atoms. The first kappa shape index (κ1) is 14.6. The molecule has 1 fully saturated rings. The number of aromatic nitrogens is 3. The standard InChI is InChI=1S/C13H18N6O4/c14-17-13-15-11-10-6(1-2-22-18-11)4-19(12(10)16-13)9-3-7(21)8(5-20)23-9/h4,7-9,20-21H,1-3,5,14H2,(H2,15,16,17,18)/t7-,8?,9+/m0/s1. The molecule has 1 unspecified atom stereocenters. The summed E-state index contributed by atoms with van der Waals surface area (Å²) in [7, 11) is 0. The first-order valence-corrected chi connectivity index (χ1v) is 7.41. The van der Waals surface area contributed by atoms with Crippen LogP contribution < -0.4 is 16.7 Å². The number of aliphatic hydroxyl groups is 2. The normalized spacial score (nSPS) is 27.0. The fraction of sp³-hybridized carbons (Fsp3) is 0.538. The van der Waals surface area contributed by atoms with Crippen LogP contribution in [-0.2, 0) is 16.0 Å². The van der Waals surface area contributed by atoms with Crippen molar-refractivity contribution in [3.05, 3.63) is 11.8 Å². The highest BCUT2D eigenvalue weighted by Gasteiger charge is 2.36. The van der Waals surface area contributed by atoms with Gasteiger partial charge in [0.2, 0.25) is 5.95 Å². The van der Waals surface area contributed by atoms with Gasteiger partial charge in [-0.2, -0.15) is 9.97 Å². The van der Waals surface area contributed by atoms with E-state index in [0.717, 1.165) is 10.9 Å². The SMILES string of the molecule is NNc1nc2c3c(cn([C@H]4C[C@H](O)C(CO)O4)c3n1)CCON2. The minimum absolute atomic E-state index is 0.227. The monoisotopic (exact) mass is 322 g/mol. The number of nitrogen functional groups attached to an aromatic ring is 1. The predicted octanol–water partition coefficient (Wildman–Crippen LogP) is -0.743. The molecule has 23 heavy (non-hydrogen) atoms. The lowest BCUT2D eigenvalue weighted by Crippen LogP contribution is -2.24. The Morgan fingerprint density at radius 2 is 2.35 bits per heavy atom. The second kappa shape index (κ2) is 5.58. The van der Waals surface area contributed by atoms with Gasteiger partial charge in [0.25, 0.3) is 0 Å². The third kappa shape index (κ3) is 2.31. The first-order valence-electron chi connectivity index (χ1n) is 7.41. The van der Waals surface area contributed by atoms with Crippen LogP contribution in [0.1, 0.15) is 18.2 Å². The van der Waals surface area contributed by atoms with Crippen molar-refractivity contribution in [3.63, 3.8) is 0 Å². The summed E-state index contributed by atoms with van der Waals surface area (Å²) in [6.07, 6.45) is 1.28. The van der Waals surface area contributed by atoms with Crippen molar-refractivity contribution in [2.24, 2.45) is 5.84 Å². The zero-order valence-electron chi connectivity index (χ0n) is 12.3. The fourth-order valence-electron chi connectivity index (χ4n) is 3.10. The molecule has 2 aliphatic heterocycles. The van der Waals surface area contributed by atoms with Crippen molar-refractivity contribution in [1.82, 2.24) is 14.5 Å². The molecule has 2 aliphatic rings. The smallest absolute Gasteiger partial charge is 0.241 e. The molecule has 10 heteroatoms. The van der Waals surface area contributed by atoms with Crippen molar-refractivity contribution in [1.29, 1.82) is 0 Å². The Kier molecular flexibility index (Phi) is 3.54. The second-order valence-electron chi connectivity index (χ2n) is 5.62. The van der Waals surface area contributed by atoms with Crippen LogP contribution in [0, 0.1) is 0 Å². The largest absolute Gasteiger partial charge is 0.394 e. The average Bonchev–Trinajstić information content (AvgIpc) is 3.04. The highest BCUT2D eigenvalue weighted by atomic mass is 16.6. The van der Waals surface area contributed by atoms with E-state index in [0.29, 0.717) is 30.9 Å². The lowest BCUT2D eigenvalue weighted by Gasteiger charge is -2.15. The molecule has 0 aromatic carbocycles. The average molecular weight is 322 g/mol. The van der Waals surface area contributed by atoms with Crippen molar-refractivity contribution in [2.75, 3.05) is 24.1 Å². The van der Waals surface area contributed by atoms with Gasteiger partial charge in [0.15, 0.2) is 5.82 Å². The highest BCUT2D eigenvalue weighted by molar-refractivity contribution is 5.92. The maximum Gasteiger partial charge on any atom is 0.241 e. The van der Waals surface area contributed by atoms with E-state index in [2.05, 4.69) is 20.9 Å².